The van der Waals surface area contributed by atoms with Gasteiger partial charge in [-0.3, -0.25) is 0 Å². The second-order valence-corrected chi connectivity index (χ2v) is 5.62. The topological polar surface area (TPSA) is 95.0 Å². The van der Waals surface area contributed by atoms with Gasteiger partial charge in [0.2, 0.25) is 0 Å². The van der Waals surface area contributed by atoms with Gasteiger partial charge in [-0.1, -0.05) is 5.16 Å². The number of hydrogen-bond donors (Lipinski definition) is 3. The molecule has 1 aromatic rings. The highest BCUT2D eigenvalue weighted by atomic mass is 16.4. The summed E-state index contributed by atoms with van der Waals surface area (Å²) in [6.45, 7) is 4.92. The van der Waals surface area contributed by atoms with Crippen LogP contribution in [0.15, 0.2) is 11.2 Å². The smallest absolute Gasteiger partial charge is 0.174 e. The number of oxime groups is 1. The van der Waals surface area contributed by atoms with E-state index in [0.717, 1.165) is 42.9 Å². The van der Waals surface area contributed by atoms with E-state index >= 15 is 0 Å². The van der Waals surface area contributed by atoms with E-state index in [1.54, 1.807) is 0 Å². The Labute approximate surface area is 125 Å². The van der Waals surface area contributed by atoms with E-state index in [-0.39, 0.29) is 18.5 Å². The normalized spacial score (nSPS) is 19.9. The highest BCUT2D eigenvalue weighted by molar-refractivity contribution is 6.02. The minimum atomic E-state index is 0.0864. The molecule has 0 aliphatic carbocycles. The molecule has 1 atom stereocenters. The minimum absolute atomic E-state index is 0.0864. The molecular weight excluding hydrogens is 268 g/mol. The molecule has 1 aliphatic heterocycles. The van der Waals surface area contributed by atoms with Crippen molar-refractivity contribution < 1.29 is 10.3 Å². The zero-order valence-electron chi connectivity index (χ0n) is 12.7. The summed E-state index contributed by atoms with van der Waals surface area (Å²) in [6.07, 6.45) is 3.99. The largest absolute Gasteiger partial charge is 0.409 e. The van der Waals surface area contributed by atoms with Gasteiger partial charge in [0.15, 0.2) is 5.84 Å². The Morgan fingerprint density at radius 3 is 2.90 bits per heavy atom. The fourth-order valence-electron chi connectivity index (χ4n) is 3.12. The first kappa shape index (κ1) is 15.6. The molecular formula is C15H24N4O2. The molecule has 0 aromatic carbocycles. The molecule has 1 unspecified atom stereocenters. The summed E-state index contributed by atoms with van der Waals surface area (Å²) in [5.74, 6) is 0.851. The molecule has 2 rings (SSSR count). The molecule has 0 amide bonds. The number of aryl methyl sites for hydroxylation is 2. The zero-order valence-corrected chi connectivity index (χ0v) is 12.7. The molecule has 0 bridgehead atoms. The quantitative estimate of drug-likeness (QED) is 0.338. The van der Waals surface area contributed by atoms with Crippen LogP contribution < -0.4 is 10.6 Å². The van der Waals surface area contributed by atoms with Gasteiger partial charge in [-0.05, 0) is 51.2 Å². The van der Waals surface area contributed by atoms with Crippen LogP contribution in [0, 0.1) is 13.8 Å². The Kier molecular flexibility index (Phi) is 5.01. The summed E-state index contributed by atoms with van der Waals surface area (Å²) < 4.78 is 0. The van der Waals surface area contributed by atoms with Gasteiger partial charge in [0.25, 0.3) is 0 Å². The Morgan fingerprint density at radius 2 is 2.24 bits per heavy atom. The Morgan fingerprint density at radius 1 is 1.48 bits per heavy atom. The molecule has 21 heavy (non-hydrogen) atoms. The molecule has 2 heterocycles. The maximum absolute atomic E-state index is 9.28. The Bertz CT molecular complexity index is 529. The average molecular weight is 292 g/mol. The molecule has 1 saturated heterocycles. The molecule has 4 N–H and O–H groups in total. The molecule has 0 saturated carbocycles. The summed E-state index contributed by atoms with van der Waals surface area (Å²) in [7, 11) is 0. The summed E-state index contributed by atoms with van der Waals surface area (Å²) in [5, 5.41) is 21.5. The standard InChI is InChI=1S/C15H24N4O2/c1-10-9-11(2)17-15(13(10)14(16)18-21)19-7-4-3-5-12(19)6-8-20/h9,12,20-21H,3-8H2,1-2H3,(H2,16,18). The maximum atomic E-state index is 9.28. The van der Waals surface area contributed by atoms with Crippen LogP contribution in [0.25, 0.3) is 0 Å². The first-order chi connectivity index (χ1) is 10.1. The van der Waals surface area contributed by atoms with Crippen LogP contribution in [0.3, 0.4) is 0 Å². The van der Waals surface area contributed by atoms with Crippen molar-refractivity contribution in [3.8, 4) is 0 Å². The SMILES string of the molecule is Cc1cc(C)c(C(N)=NO)c(N2CCCCC2CCO)n1. The molecule has 1 aromatic heterocycles. The lowest BCUT2D eigenvalue weighted by Crippen LogP contribution is -2.42. The van der Waals surface area contributed by atoms with Crippen LogP contribution in [0.2, 0.25) is 0 Å². The average Bonchev–Trinajstić information content (AvgIpc) is 2.46. The Balaban J connectivity index is 2.49. The van der Waals surface area contributed by atoms with E-state index < -0.39 is 0 Å². The van der Waals surface area contributed by atoms with Crippen molar-refractivity contribution in [2.75, 3.05) is 18.1 Å². The molecule has 0 spiro atoms. The van der Waals surface area contributed by atoms with Gasteiger partial charge in [-0.2, -0.15) is 0 Å². The van der Waals surface area contributed by atoms with E-state index in [0.29, 0.717) is 12.0 Å². The fraction of sp³-hybridized carbons (Fsp3) is 0.600. The molecule has 1 fully saturated rings. The first-order valence-electron chi connectivity index (χ1n) is 7.42. The van der Waals surface area contributed by atoms with E-state index in [9.17, 15) is 5.11 Å². The van der Waals surface area contributed by atoms with Crippen LogP contribution in [0.5, 0.6) is 0 Å². The number of piperidine rings is 1. The monoisotopic (exact) mass is 292 g/mol. The summed E-state index contributed by atoms with van der Waals surface area (Å²) in [4.78, 5) is 6.83. The maximum Gasteiger partial charge on any atom is 0.174 e. The number of aliphatic hydroxyl groups excluding tert-OH is 1. The van der Waals surface area contributed by atoms with Crippen LogP contribution in [-0.2, 0) is 0 Å². The number of rotatable bonds is 4. The van der Waals surface area contributed by atoms with Gasteiger partial charge in [0, 0.05) is 24.9 Å². The summed E-state index contributed by atoms with van der Waals surface area (Å²) in [5.41, 5.74) is 8.40. The third-order valence-corrected chi connectivity index (χ3v) is 4.05. The lowest BCUT2D eigenvalue weighted by molar-refractivity contribution is 0.262. The van der Waals surface area contributed by atoms with Gasteiger partial charge in [0.05, 0.1) is 5.56 Å². The van der Waals surface area contributed by atoms with Gasteiger partial charge in [-0.25, -0.2) is 4.98 Å². The van der Waals surface area contributed by atoms with Crippen molar-refractivity contribution in [3.05, 3.63) is 22.9 Å². The van der Waals surface area contributed by atoms with Crippen molar-refractivity contribution in [2.45, 2.75) is 45.6 Å². The highest BCUT2D eigenvalue weighted by Crippen LogP contribution is 2.29. The van der Waals surface area contributed by atoms with E-state index in [1.165, 1.54) is 0 Å². The van der Waals surface area contributed by atoms with E-state index in [2.05, 4.69) is 15.0 Å². The van der Waals surface area contributed by atoms with Crippen LogP contribution in [0.4, 0.5) is 5.82 Å². The summed E-state index contributed by atoms with van der Waals surface area (Å²) in [6, 6.07) is 2.18. The third-order valence-electron chi connectivity index (χ3n) is 4.05. The van der Waals surface area contributed by atoms with Gasteiger partial charge in [-0.15, -0.1) is 0 Å². The fourth-order valence-corrected chi connectivity index (χ4v) is 3.12. The second kappa shape index (κ2) is 6.76. The number of amidine groups is 1. The number of nitrogens with two attached hydrogens (primary N) is 1. The highest BCUT2D eigenvalue weighted by Gasteiger charge is 2.27. The lowest BCUT2D eigenvalue weighted by atomic mass is 9.98. The zero-order chi connectivity index (χ0) is 15.4. The summed E-state index contributed by atoms with van der Waals surface area (Å²) >= 11 is 0. The van der Waals surface area contributed by atoms with Crippen LogP contribution in [0.1, 0.15) is 42.5 Å². The van der Waals surface area contributed by atoms with Crippen LogP contribution in [-0.4, -0.2) is 40.3 Å². The van der Waals surface area contributed by atoms with Crippen molar-refractivity contribution in [2.24, 2.45) is 10.9 Å². The first-order valence-corrected chi connectivity index (χ1v) is 7.42. The number of aliphatic hydroxyl groups is 1. The number of nitrogens with zero attached hydrogens (tertiary/aromatic N) is 3. The van der Waals surface area contributed by atoms with Crippen molar-refractivity contribution in [1.29, 1.82) is 0 Å². The van der Waals surface area contributed by atoms with Crippen LogP contribution >= 0.6 is 0 Å². The molecule has 6 heteroatoms. The van der Waals surface area contributed by atoms with Gasteiger partial charge in [0.1, 0.15) is 5.82 Å². The minimum Gasteiger partial charge on any atom is -0.409 e. The van der Waals surface area contributed by atoms with E-state index in [4.69, 9.17) is 10.9 Å². The molecule has 0 radical (unpaired) electrons. The van der Waals surface area contributed by atoms with Crippen molar-refractivity contribution in [3.63, 3.8) is 0 Å². The van der Waals surface area contributed by atoms with Crippen molar-refractivity contribution in [1.82, 2.24) is 4.98 Å². The molecule has 6 nitrogen and oxygen atoms in total. The third kappa shape index (κ3) is 3.26. The Hall–Kier alpha value is -1.82. The number of anilines is 1. The van der Waals surface area contributed by atoms with E-state index in [1.807, 2.05) is 19.9 Å². The molecule has 1 aliphatic rings. The molecule has 116 valence electrons. The predicted molar refractivity (Wildman–Crippen MR) is 82.9 cm³/mol. The van der Waals surface area contributed by atoms with Crippen molar-refractivity contribution >= 4 is 11.7 Å². The number of hydrogen-bond acceptors (Lipinski definition) is 5. The van der Waals surface area contributed by atoms with Gasteiger partial charge >= 0.3 is 0 Å². The number of pyridine rings is 1. The second-order valence-electron chi connectivity index (χ2n) is 5.62. The predicted octanol–water partition coefficient (Wildman–Crippen LogP) is 1.53. The number of aromatic nitrogens is 1. The van der Waals surface area contributed by atoms with Gasteiger partial charge < -0.3 is 20.9 Å². The lowest BCUT2D eigenvalue weighted by Gasteiger charge is -2.37.